The lowest BCUT2D eigenvalue weighted by molar-refractivity contribution is -0.115. The molecule has 0 fully saturated rings. The van der Waals surface area contributed by atoms with Crippen LogP contribution in [0.25, 0.3) is 22.0 Å². The Bertz CT molecular complexity index is 898. The van der Waals surface area contributed by atoms with Gasteiger partial charge >= 0.3 is 6.18 Å². The summed E-state index contributed by atoms with van der Waals surface area (Å²) >= 11 is 5.92. The molecule has 4 nitrogen and oxygen atoms in total. The van der Waals surface area contributed by atoms with Crippen LogP contribution < -0.4 is 10.1 Å². The first-order chi connectivity index (χ1) is 11.9. The molecule has 0 aliphatic heterocycles. The largest absolute Gasteiger partial charge is 0.480 e. The second-order valence-electron chi connectivity index (χ2n) is 5.25. The lowest BCUT2D eigenvalue weighted by Gasteiger charge is -2.13. The fraction of sp³-hybridized carbons (Fsp3) is 0.176. The van der Waals surface area contributed by atoms with Gasteiger partial charge in [0, 0.05) is 16.6 Å². The van der Waals surface area contributed by atoms with Crippen LogP contribution >= 0.6 is 11.6 Å². The Labute approximate surface area is 146 Å². The molecule has 3 rings (SSSR count). The number of hydrogen-bond acceptors (Lipinski definition) is 4. The van der Waals surface area contributed by atoms with Gasteiger partial charge in [0.2, 0.25) is 5.88 Å². The highest BCUT2D eigenvalue weighted by Crippen LogP contribution is 2.35. The maximum atomic E-state index is 12.4. The zero-order valence-corrected chi connectivity index (χ0v) is 13.8. The Morgan fingerprint density at radius 1 is 1.12 bits per heavy atom. The van der Waals surface area contributed by atoms with Crippen molar-refractivity contribution < 1.29 is 17.9 Å². The summed E-state index contributed by atoms with van der Waals surface area (Å²) in [5, 5.41) is 3.53. The Morgan fingerprint density at radius 2 is 1.84 bits per heavy atom. The molecule has 0 spiro atoms. The second kappa shape index (κ2) is 6.76. The summed E-state index contributed by atoms with van der Waals surface area (Å²) < 4.78 is 42.6. The second-order valence-corrected chi connectivity index (χ2v) is 5.69. The van der Waals surface area contributed by atoms with Gasteiger partial charge in [0.25, 0.3) is 0 Å². The van der Waals surface area contributed by atoms with E-state index < -0.39 is 12.7 Å². The molecule has 2 aromatic heterocycles. The third-order valence-corrected chi connectivity index (χ3v) is 3.75. The average molecular weight is 368 g/mol. The molecular formula is C17H13ClF3N3O. The molecule has 0 aliphatic carbocycles. The van der Waals surface area contributed by atoms with E-state index in [1.807, 2.05) is 0 Å². The maximum Gasteiger partial charge on any atom is 0.405 e. The van der Waals surface area contributed by atoms with Gasteiger partial charge in [-0.25, -0.2) is 9.97 Å². The molecule has 0 unspecified atom stereocenters. The first-order valence-electron chi connectivity index (χ1n) is 7.28. The number of nitrogens with zero attached hydrogens (tertiary/aromatic N) is 2. The number of methoxy groups -OCH3 is 1. The van der Waals surface area contributed by atoms with Crippen LogP contribution in [0.1, 0.15) is 0 Å². The number of anilines is 1. The Morgan fingerprint density at radius 3 is 2.48 bits per heavy atom. The zero-order chi connectivity index (χ0) is 18.0. The molecule has 0 saturated carbocycles. The summed E-state index contributed by atoms with van der Waals surface area (Å²) in [5.41, 5.74) is 1.83. The van der Waals surface area contributed by atoms with E-state index in [0.717, 1.165) is 5.56 Å². The van der Waals surface area contributed by atoms with Crippen molar-refractivity contribution in [1.29, 1.82) is 0 Å². The molecule has 8 heteroatoms. The van der Waals surface area contributed by atoms with Crippen molar-refractivity contribution in [3.8, 4) is 17.0 Å². The number of halogens is 4. The SMILES string of the molecule is COc1ncc2ccc(NCC(F)(F)F)nc2c1-c1ccc(Cl)cc1. The molecule has 0 radical (unpaired) electrons. The van der Waals surface area contributed by atoms with Crippen molar-refractivity contribution in [2.45, 2.75) is 6.18 Å². The minimum atomic E-state index is -4.33. The van der Waals surface area contributed by atoms with E-state index in [1.54, 1.807) is 36.5 Å². The molecule has 130 valence electrons. The topological polar surface area (TPSA) is 47.0 Å². The number of fused-ring (bicyclic) bond motifs is 1. The molecule has 2 heterocycles. The summed E-state index contributed by atoms with van der Waals surface area (Å²) in [6.45, 7) is -1.16. The Kier molecular flexibility index (Phi) is 4.67. The third kappa shape index (κ3) is 3.93. The molecular weight excluding hydrogens is 355 g/mol. The first kappa shape index (κ1) is 17.3. The normalized spacial score (nSPS) is 11.6. The van der Waals surface area contributed by atoms with E-state index in [0.29, 0.717) is 27.4 Å². The van der Waals surface area contributed by atoms with Gasteiger partial charge in [-0.1, -0.05) is 23.7 Å². The van der Waals surface area contributed by atoms with E-state index >= 15 is 0 Å². The van der Waals surface area contributed by atoms with Gasteiger partial charge in [0.05, 0.1) is 18.2 Å². The fourth-order valence-electron chi connectivity index (χ4n) is 2.39. The van der Waals surface area contributed by atoms with Crippen molar-refractivity contribution >= 4 is 28.3 Å². The van der Waals surface area contributed by atoms with Crippen LogP contribution in [0.5, 0.6) is 5.88 Å². The Balaban J connectivity index is 2.13. The molecule has 0 aliphatic rings. The van der Waals surface area contributed by atoms with Crippen molar-refractivity contribution in [1.82, 2.24) is 9.97 Å². The highest BCUT2D eigenvalue weighted by Gasteiger charge is 2.27. The number of pyridine rings is 2. The van der Waals surface area contributed by atoms with Gasteiger partial charge in [-0.15, -0.1) is 0 Å². The van der Waals surface area contributed by atoms with Crippen LogP contribution in [0.3, 0.4) is 0 Å². The standard InChI is InChI=1S/C17H13ClF3N3O/c1-25-16-14(10-2-5-12(18)6-3-10)15-11(8-22-16)4-7-13(24-15)23-9-17(19,20)21/h2-8H,9H2,1H3,(H,23,24). The maximum absolute atomic E-state index is 12.4. The minimum Gasteiger partial charge on any atom is -0.480 e. The van der Waals surface area contributed by atoms with Gasteiger partial charge in [0.15, 0.2) is 0 Å². The van der Waals surface area contributed by atoms with E-state index in [4.69, 9.17) is 16.3 Å². The highest BCUT2D eigenvalue weighted by molar-refractivity contribution is 6.30. The van der Waals surface area contributed by atoms with Gasteiger partial charge in [0.1, 0.15) is 12.4 Å². The van der Waals surface area contributed by atoms with Crippen molar-refractivity contribution in [2.75, 3.05) is 19.0 Å². The summed E-state index contributed by atoms with van der Waals surface area (Å²) in [7, 11) is 1.47. The number of nitrogens with one attached hydrogen (secondary N) is 1. The molecule has 1 aromatic carbocycles. The minimum absolute atomic E-state index is 0.119. The van der Waals surface area contributed by atoms with Crippen molar-refractivity contribution in [3.05, 3.63) is 47.6 Å². The number of alkyl halides is 3. The van der Waals surface area contributed by atoms with Gasteiger partial charge < -0.3 is 10.1 Å². The molecule has 25 heavy (non-hydrogen) atoms. The van der Waals surface area contributed by atoms with Gasteiger partial charge in [-0.3, -0.25) is 0 Å². The van der Waals surface area contributed by atoms with Crippen LogP contribution in [0.15, 0.2) is 42.6 Å². The van der Waals surface area contributed by atoms with Crippen LogP contribution in [-0.4, -0.2) is 29.8 Å². The van der Waals surface area contributed by atoms with E-state index in [1.165, 1.54) is 13.2 Å². The van der Waals surface area contributed by atoms with Crippen LogP contribution in [-0.2, 0) is 0 Å². The van der Waals surface area contributed by atoms with E-state index in [9.17, 15) is 13.2 Å². The smallest absolute Gasteiger partial charge is 0.405 e. The highest BCUT2D eigenvalue weighted by atomic mass is 35.5. The quantitative estimate of drug-likeness (QED) is 0.710. The van der Waals surface area contributed by atoms with Gasteiger partial charge in [-0.05, 0) is 29.8 Å². The lowest BCUT2D eigenvalue weighted by atomic mass is 10.0. The van der Waals surface area contributed by atoms with Crippen molar-refractivity contribution in [3.63, 3.8) is 0 Å². The van der Waals surface area contributed by atoms with E-state index in [2.05, 4.69) is 15.3 Å². The van der Waals surface area contributed by atoms with Crippen LogP contribution in [0, 0.1) is 0 Å². The molecule has 1 N–H and O–H groups in total. The van der Waals surface area contributed by atoms with Crippen LogP contribution in [0.4, 0.5) is 19.0 Å². The number of ether oxygens (including phenoxy) is 1. The molecule has 0 bridgehead atoms. The fourth-order valence-corrected chi connectivity index (χ4v) is 2.52. The number of aromatic nitrogens is 2. The molecule has 0 amide bonds. The van der Waals surface area contributed by atoms with Gasteiger partial charge in [-0.2, -0.15) is 13.2 Å². The summed E-state index contributed by atoms with van der Waals surface area (Å²) in [6.07, 6.45) is -2.76. The average Bonchev–Trinajstić information content (AvgIpc) is 2.59. The first-order valence-corrected chi connectivity index (χ1v) is 7.65. The predicted octanol–water partition coefficient (Wildman–Crippen LogP) is 4.93. The summed E-state index contributed by atoms with van der Waals surface area (Å²) in [4.78, 5) is 8.56. The molecule has 0 atom stereocenters. The molecule has 3 aromatic rings. The lowest BCUT2D eigenvalue weighted by Crippen LogP contribution is -2.21. The number of hydrogen-bond donors (Lipinski definition) is 1. The van der Waals surface area contributed by atoms with Crippen LogP contribution in [0.2, 0.25) is 5.02 Å². The van der Waals surface area contributed by atoms with Crippen molar-refractivity contribution in [2.24, 2.45) is 0 Å². The zero-order valence-electron chi connectivity index (χ0n) is 13.1. The summed E-state index contributed by atoms with van der Waals surface area (Å²) in [6, 6.07) is 10.1. The Hall–Kier alpha value is -2.54. The number of rotatable bonds is 4. The molecule has 0 saturated heterocycles. The third-order valence-electron chi connectivity index (χ3n) is 3.49. The number of benzene rings is 1. The monoisotopic (exact) mass is 367 g/mol. The van der Waals surface area contributed by atoms with E-state index in [-0.39, 0.29) is 5.82 Å². The predicted molar refractivity (Wildman–Crippen MR) is 91.1 cm³/mol. The summed E-state index contributed by atoms with van der Waals surface area (Å²) in [5.74, 6) is 0.448.